The molecule has 0 atom stereocenters. The van der Waals surface area contributed by atoms with Gasteiger partial charge in [0.2, 0.25) is 0 Å². The van der Waals surface area contributed by atoms with Crippen LogP contribution in [0.3, 0.4) is 0 Å². The number of thiophene rings is 1. The first-order valence-electron chi connectivity index (χ1n) is 3.54. The van der Waals surface area contributed by atoms with Gasteiger partial charge in [-0.2, -0.15) is 0 Å². The van der Waals surface area contributed by atoms with Crippen molar-refractivity contribution in [3.63, 3.8) is 0 Å². The Morgan fingerprint density at radius 3 is 2.38 bits per heavy atom. The Morgan fingerprint density at radius 1 is 1.15 bits per heavy atom. The predicted molar refractivity (Wildman–Crippen MR) is 52.5 cm³/mol. The van der Waals surface area contributed by atoms with Crippen LogP contribution in [0.1, 0.15) is 0 Å². The molecule has 0 saturated carbocycles. The van der Waals surface area contributed by atoms with Gasteiger partial charge in [0.15, 0.2) is 0 Å². The van der Waals surface area contributed by atoms with Gasteiger partial charge >= 0.3 is 6.16 Å². The molecule has 1 aromatic heterocycles. The molecule has 4 heteroatoms. The normalized spacial score (nSPS) is 8.92. The van der Waals surface area contributed by atoms with E-state index in [4.69, 9.17) is 15.0 Å². The van der Waals surface area contributed by atoms with E-state index in [1.165, 1.54) is 10.1 Å². The molecule has 3 nitrogen and oxygen atoms in total. The molecule has 0 aliphatic rings. The molecule has 0 saturated heterocycles. The lowest BCUT2D eigenvalue weighted by atomic mass is 10.3. The minimum absolute atomic E-state index is 1.35. The number of carboxylic acid groups (broad SMARTS) is 2. The fraction of sp³-hybridized carbons (Fsp3) is 0. The topological polar surface area (TPSA) is 57.5 Å². The molecule has 0 aliphatic heterocycles. The van der Waals surface area contributed by atoms with Crippen LogP contribution in [-0.4, -0.2) is 16.4 Å². The summed E-state index contributed by atoms with van der Waals surface area (Å²) in [5, 5.41) is 17.4. The lowest BCUT2D eigenvalue weighted by molar-refractivity contribution is 0.137. The minimum Gasteiger partial charge on any atom is -0.450 e. The molecule has 2 rings (SSSR count). The van der Waals surface area contributed by atoms with Gasteiger partial charge < -0.3 is 10.2 Å². The van der Waals surface area contributed by atoms with E-state index in [9.17, 15) is 0 Å². The summed E-state index contributed by atoms with van der Waals surface area (Å²) >= 11 is 1.79. The summed E-state index contributed by atoms with van der Waals surface area (Å²) in [6.45, 7) is 0. The van der Waals surface area contributed by atoms with Gasteiger partial charge in [0, 0.05) is 4.70 Å². The molecule has 0 radical (unpaired) electrons. The third-order valence-corrected chi connectivity index (χ3v) is 2.26. The molecule has 0 amide bonds. The first-order chi connectivity index (χ1) is 6.20. The molecule has 68 valence electrons. The molecule has 1 heterocycles. The third-order valence-electron chi connectivity index (χ3n) is 1.36. The van der Waals surface area contributed by atoms with Gasteiger partial charge in [-0.1, -0.05) is 18.2 Å². The smallest absolute Gasteiger partial charge is 0.450 e. The highest BCUT2D eigenvalue weighted by atomic mass is 32.1. The third kappa shape index (κ3) is 3.13. The van der Waals surface area contributed by atoms with Crippen LogP contribution in [0.4, 0.5) is 4.79 Å². The van der Waals surface area contributed by atoms with Crippen LogP contribution in [-0.2, 0) is 0 Å². The van der Waals surface area contributed by atoms with E-state index in [2.05, 4.69) is 35.7 Å². The molecule has 0 fully saturated rings. The summed E-state index contributed by atoms with van der Waals surface area (Å²) in [6.07, 6.45) is -1.83. The monoisotopic (exact) mass is 196 g/mol. The number of hydrogen-bond acceptors (Lipinski definition) is 2. The Kier molecular flexibility index (Phi) is 3.28. The van der Waals surface area contributed by atoms with Crippen LogP contribution in [0.2, 0.25) is 0 Å². The zero-order valence-electron chi connectivity index (χ0n) is 6.68. The molecular formula is C9H8O3S. The summed E-state index contributed by atoms with van der Waals surface area (Å²) in [4.78, 5) is 8.56. The van der Waals surface area contributed by atoms with E-state index < -0.39 is 6.16 Å². The van der Waals surface area contributed by atoms with Crippen LogP contribution in [0.15, 0.2) is 35.7 Å². The van der Waals surface area contributed by atoms with E-state index in [1.54, 1.807) is 11.3 Å². The fourth-order valence-electron chi connectivity index (χ4n) is 0.906. The number of benzene rings is 1. The number of fused-ring (bicyclic) bond motifs is 1. The summed E-state index contributed by atoms with van der Waals surface area (Å²) in [7, 11) is 0. The molecule has 0 aliphatic carbocycles. The standard InChI is InChI=1S/C8H6S.CH2O3/c1-2-4-8-7(3-1)5-6-9-8;2-1(3)4/h1-6H;(H2,2,3,4). The Morgan fingerprint density at radius 2 is 1.77 bits per heavy atom. The first kappa shape index (κ1) is 9.54. The van der Waals surface area contributed by atoms with Gasteiger partial charge in [0.05, 0.1) is 0 Å². The van der Waals surface area contributed by atoms with Gasteiger partial charge in [-0.3, -0.25) is 0 Å². The van der Waals surface area contributed by atoms with Crippen molar-refractivity contribution in [1.82, 2.24) is 0 Å². The zero-order valence-corrected chi connectivity index (χ0v) is 7.49. The van der Waals surface area contributed by atoms with E-state index in [1.807, 2.05) is 0 Å². The van der Waals surface area contributed by atoms with Crippen molar-refractivity contribution in [3.05, 3.63) is 35.7 Å². The highest BCUT2D eigenvalue weighted by Gasteiger charge is 1.87. The summed E-state index contributed by atoms with van der Waals surface area (Å²) < 4.78 is 1.37. The summed E-state index contributed by atoms with van der Waals surface area (Å²) in [6, 6.07) is 10.5. The van der Waals surface area contributed by atoms with Crippen molar-refractivity contribution in [2.45, 2.75) is 0 Å². The average molecular weight is 196 g/mol. The van der Waals surface area contributed by atoms with E-state index >= 15 is 0 Å². The second kappa shape index (κ2) is 4.47. The first-order valence-corrected chi connectivity index (χ1v) is 4.42. The van der Waals surface area contributed by atoms with Crippen LogP contribution in [0.25, 0.3) is 10.1 Å². The molecule has 13 heavy (non-hydrogen) atoms. The van der Waals surface area contributed by atoms with Gasteiger partial charge in [-0.25, -0.2) is 4.79 Å². The van der Waals surface area contributed by atoms with Crippen molar-refractivity contribution in [2.75, 3.05) is 0 Å². The largest absolute Gasteiger partial charge is 0.503 e. The van der Waals surface area contributed by atoms with Crippen molar-refractivity contribution >= 4 is 27.6 Å². The summed E-state index contributed by atoms with van der Waals surface area (Å²) in [5.41, 5.74) is 0. The van der Waals surface area contributed by atoms with E-state index in [0.29, 0.717) is 0 Å². The van der Waals surface area contributed by atoms with Crippen molar-refractivity contribution < 1.29 is 15.0 Å². The molecule has 0 unspecified atom stereocenters. The Balaban J connectivity index is 0.000000184. The molecule has 0 spiro atoms. The van der Waals surface area contributed by atoms with Gasteiger partial charge in [-0.15, -0.1) is 11.3 Å². The van der Waals surface area contributed by atoms with Crippen LogP contribution < -0.4 is 0 Å². The van der Waals surface area contributed by atoms with Crippen molar-refractivity contribution in [1.29, 1.82) is 0 Å². The maximum Gasteiger partial charge on any atom is 0.503 e. The highest BCUT2D eigenvalue weighted by molar-refractivity contribution is 7.17. The zero-order chi connectivity index (χ0) is 9.68. The Bertz CT molecular complexity index is 360. The van der Waals surface area contributed by atoms with Gasteiger partial charge in [0.1, 0.15) is 0 Å². The SMILES string of the molecule is O=C(O)O.c1ccc2sccc2c1. The van der Waals surface area contributed by atoms with Crippen molar-refractivity contribution in [2.24, 2.45) is 0 Å². The molecule has 2 aromatic rings. The maximum atomic E-state index is 8.56. The van der Waals surface area contributed by atoms with Gasteiger partial charge in [0.25, 0.3) is 0 Å². The lowest BCUT2D eigenvalue weighted by Crippen LogP contribution is -1.81. The second-order valence-electron chi connectivity index (χ2n) is 2.24. The number of rotatable bonds is 0. The maximum absolute atomic E-state index is 8.56. The number of hydrogen-bond donors (Lipinski definition) is 2. The molecule has 0 bridgehead atoms. The lowest BCUT2D eigenvalue weighted by Gasteiger charge is -1.82. The minimum atomic E-state index is -1.83. The van der Waals surface area contributed by atoms with Crippen molar-refractivity contribution in [3.8, 4) is 0 Å². The predicted octanol–water partition coefficient (Wildman–Crippen LogP) is 3.12. The quantitative estimate of drug-likeness (QED) is 0.680. The van der Waals surface area contributed by atoms with Gasteiger partial charge in [-0.05, 0) is 22.9 Å². The highest BCUT2D eigenvalue weighted by Crippen LogP contribution is 2.18. The molecule has 2 N–H and O–H groups in total. The number of carbonyl (C=O) groups is 1. The Labute approximate surface area is 78.9 Å². The summed E-state index contributed by atoms with van der Waals surface area (Å²) in [5.74, 6) is 0. The van der Waals surface area contributed by atoms with Crippen LogP contribution in [0, 0.1) is 0 Å². The van der Waals surface area contributed by atoms with E-state index in [-0.39, 0.29) is 0 Å². The average Bonchev–Trinajstić information content (AvgIpc) is 2.49. The molecular weight excluding hydrogens is 188 g/mol. The molecule has 1 aromatic carbocycles. The van der Waals surface area contributed by atoms with E-state index in [0.717, 1.165) is 0 Å². The second-order valence-corrected chi connectivity index (χ2v) is 3.19. The Hall–Kier alpha value is -1.55. The van der Waals surface area contributed by atoms with Crippen LogP contribution in [0.5, 0.6) is 0 Å². The fourth-order valence-corrected chi connectivity index (χ4v) is 1.70. The van der Waals surface area contributed by atoms with Crippen LogP contribution >= 0.6 is 11.3 Å².